The van der Waals surface area contributed by atoms with Crippen molar-refractivity contribution in [2.24, 2.45) is 0 Å². The monoisotopic (exact) mass is 301 g/mol. The summed E-state index contributed by atoms with van der Waals surface area (Å²) in [6.45, 7) is 2.26. The van der Waals surface area contributed by atoms with Crippen LogP contribution < -0.4 is 5.32 Å². The maximum atomic E-state index is 14.1. The van der Waals surface area contributed by atoms with Crippen LogP contribution in [0.5, 0.6) is 0 Å². The average Bonchev–Trinajstić information content (AvgIpc) is 2.51. The second kappa shape index (κ2) is 5.81. The van der Waals surface area contributed by atoms with E-state index >= 15 is 0 Å². The number of ether oxygens (including phenoxy) is 1. The Bertz CT molecular complexity index is 674. The number of carbonyl (C=O) groups is 1. The van der Waals surface area contributed by atoms with Gasteiger partial charge in [-0.1, -0.05) is 18.2 Å². The van der Waals surface area contributed by atoms with Gasteiger partial charge in [0.1, 0.15) is 11.4 Å². The summed E-state index contributed by atoms with van der Waals surface area (Å²) in [6, 6.07) is 6.42. The standard InChI is InChI=1S/C16H16FN3O2/c1-11(14-8-18-6-7-19-14)15(21)20-16(9-22-10-16)12-4-2-3-5-13(12)17/h2-8,11H,9-10H2,1H3,(H,20,21). The van der Waals surface area contributed by atoms with Crippen molar-refractivity contribution in [3.8, 4) is 0 Å². The molecule has 1 unspecified atom stereocenters. The number of benzene rings is 1. The van der Waals surface area contributed by atoms with E-state index in [4.69, 9.17) is 4.74 Å². The number of carbonyl (C=O) groups excluding carboxylic acids is 1. The maximum absolute atomic E-state index is 14.1. The fourth-order valence-corrected chi connectivity index (χ4v) is 2.46. The second-order valence-electron chi connectivity index (χ2n) is 5.40. The lowest BCUT2D eigenvalue weighted by atomic mass is 9.86. The van der Waals surface area contributed by atoms with E-state index in [0.29, 0.717) is 11.3 Å². The molecule has 2 heterocycles. The lowest BCUT2D eigenvalue weighted by molar-refractivity contribution is -0.135. The topological polar surface area (TPSA) is 64.1 Å². The van der Waals surface area contributed by atoms with Gasteiger partial charge < -0.3 is 10.1 Å². The summed E-state index contributed by atoms with van der Waals surface area (Å²) in [5.41, 5.74) is 0.212. The number of hydrogen-bond donors (Lipinski definition) is 1. The smallest absolute Gasteiger partial charge is 0.229 e. The van der Waals surface area contributed by atoms with Crippen molar-refractivity contribution >= 4 is 5.91 Å². The van der Waals surface area contributed by atoms with Gasteiger partial charge in [0.15, 0.2) is 0 Å². The van der Waals surface area contributed by atoms with Crippen molar-refractivity contribution in [2.75, 3.05) is 13.2 Å². The third kappa shape index (κ3) is 2.57. The molecular formula is C16H16FN3O2. The molecule has 5 nitrogen and oxygen atoms in total. The largest absolute Gasteiger partial charge is 0.376 e. The van der Waals surface area contributed by atoms with Crippen LogP contribution in [0.3, 0.4) is 0 Å². The van der Waals surface area contributed by atoms with Crippen LogP contribution >= 0.6 is 0 Å². The van der Waals surface area contributed by atoms with Crippen LogP contribution in [0.1, 0.15) is 24.1 Å². The minimum atomic E-state index is -0.807. The van der Waals surface area contributed by atoms with E-state index in [1.165, 1.54) is 12.3 Å². The van der Waals surface area contributed by atoms with Crippen molar-refractivity contribution in [1.29, 1.82) is 0 Å². The molecule has 1 amide bonds. The molecule has 0 spiro atoms. The van der Waals surface area contributed by atoms with Gasteiger partial charge in [-0.05, 0) is 13.0 Å². The van der Waals surface area contributed by atoms with Gasteiger partial charge in [-0.15, -0.1) is 0 Å². The van der Waals surface area contributed by atoms with Gasteiger partial charge in [0.05, 0.1) is 24.8 Å². The predicted molar refractivity (Wildman–Crippen MR) is 77.5 cm³/mol. The van der Waals surface area contributed by atoms with E-state index in [9.17, 15) is 9.18 Å². The van der Waals surface area contributed by atoms with Gasteiger partial charge in [0, 0.05) is 24.2 Å². The van der Waals surface area contributed by atoms with E-state index in [2.05, 4.69) is 15.3 Å². The first-order valence-electron chi connectivity index (χ1n) is 7.03. The van der Waals surface area contributed by atoms with Crippen LogP contribution in [-0.4, -0.2) is 29.1 Å². The zero-order valence-electron chi connectivity index (χ0n) is 12.1. The van der Waals surface area contributed by atoms with E-state index in [-0.39, 0.29) is 24.9 Å². The summed E-state index contributed by atoms with van der Waals surface area (Å²) in [5.74, 6) is -1.05. The quantitative estimate of drug-likeness (QED) is 0.934. The van der Waals surface area contributed by atoms with Crippen LogP contribution in [0.2, 0.25) is 0 Å². The highest BCUT2D eigenvalue weighted by Crippen LogP contribution is 2.32. The average molecular weight is 301 g/mol. The van der Waals surface area contributed by atoms with Gasteiger partial charge in [-0.25, -0.2) is 4.39 Å². The number of nitrogens with zero attached hydrogens (tertiary/aromatic N) is 2. The molecule has 1 aliphatic heterocycles. The van der Waals surface area contributed by atoms with E-state index in [0.717, 1.165) is 0 Å². The first kappa shape index (κ1) is 14.6. The summed E-state index contributed by atoms with van der Waals surface area (Å²) in [4.78, 5) is 20.6. The Labute approximate surface area is 127 Å². The van der Waals surface area contributed by atoms with E-state index in [1.54, 1.807) is 37.5 Å². The van der Waals surface area contributed by atoms with Gasteiger partial charge in [-0.3, -0.25) is 14.8 Å². The molecule has 1 aliphatic rings. The van der Waals surface area contributed by atoms with Crippen molar-refractivity contribution in [3.63, 3.8) is 0 Å². The highest BCUT2D eigenvalue weighted by Gasteiger charge is 2.44. The van der Waals surface area contributed by atoms with E-state index in [1.807, 2.05) is 0 Å². The molecule has 0 aliphatic carbocycles. The minimum absolute atomic E-state index is 0.230. The van der Waals surface area contributed by atoms with Crippen molar-refractivity contribution in [2.45, 2.75) is 18.4 Å². The van der Waals surface area contributed by atoms with Crippen LogP contribution in [0.25, 0.3) is 0 Å². The van der Waals surface area contributed by atoms with Crippen molar-refractivity contribution in [1.82, 2.24) is 15.3 Å². The van der Waals surface area contributed by atoms with Crippen molar-refractivity contribution < 1.29 is 13.9 Å². The van der Waals surface area contributed by atoms with Crippen LogP contribution in [0.15, 0.2) is 42.9 Å². The highest BCUT2D eigenvalue weighted by atomic mass is 19.1. The van der Waals surface area contributed by atoms with Crippen molar-refractivity contribution in [3.05, 3.63) is 59.9 Å². The first-order valence-corrected chi connectivity index (χ1v) is 7.03. The summed E-state index contributed by atoms with van der Waals surface area (Å²) in [6.07, 6.45) is 4.64. The summed E-state index contributed by atoms with van der Waals surface area (Å²) in [5, 5.41) is 2.91. The molecule has 0 saturated carbocycles. The zero-order chi connectivity index (χ0) is 15.6. The zero-order valence-corrected chi connectivity index (χ0v) is 12.1. The Kier molecular flexibility index (Phi) is 3.85. The second-order valence-corrected chi connectivity index (χ2v) is 5.40. The summed E-state index contributed by atoms with van der Waals surface area (Å²) in [7, 11) is 0. The van der Waals surface area contributed by atoms with E-state index < -0.39 is 11.5 Å². The maximum Gasteiger partial charge on any atom is 0.229 e. The Morgan fingerprint density at radius 2 is 2.14 bits per heavy atom. The Balaban J connectivity index is 1.81. The fourth-order valence-electron chi connectivity index (χ4n) is 2.46. The predicted octanol–water partition coefficient (Wildman–Crippen LogP) is 1.76. The molecule has 1 saturated heterocycles. The normalized spacial score (nSPS) is 17.4. The number of rotatable bonds is 4. The lowest BCUT2D eigenvalue weighted by Crippen LogP contribution is -2.60. The van der Waals surface area contributed by atoms with Crippen LogP contribution in [0.4, 0.5) is 4.39 Å². The van der Waals surface area contributed by atoms with Gasteiger partial charge in [0.2, 0.25) is 5.91 Å². The number of halogens is 1. The lowest BCUT2D eigenvalue weighted by Gasteiger charge is -2.43. The summed E-state index contributed by atoms with van der Waals surface area (Å²) < 4.78 is 19.3. The van der Waals surface area contributed by atoms with Crippen LogP contribution in [-0.2, 0) is 15.1 Å². The van der Waals surface area contributed by atoms with Crippen LogP contribution in [0, 0.1) is 5.82 Å². The molecule has 1 aromatic carbocycles. The molecule has 1 fully saturated rings. The molecule has 1 N–H and O–H groups in total. The number of nitrogens with one attached hydrogen (secondary N) is 1. The number of hydrogen-bond acceptors (Lipinski definition) is 4. The van der Waals surface area contributed by atoms with Gasteiger partial charge in [0.25, 0.3) is 0 Å². The third-order valence-electron chi connectivity index (χ3n) is 3.87. The Morgan fingerprint density at radius 1 is 1.36 bits per heavy atom. The SMILES string of the molecule is CC(C(=O)NC1(c2ccccc2F)COC1)c1cnccn1. The first-order chi connectivity index (χ1) is 10.6. The van der Waals surface area contributed by atoms with Gasteiger partial charge >= 0.3 is 0 Å². The molecule has 114 valence electrons. The van der Waals surface area contributed by atoms with Gasteiger partial charge in [-0.2, -0.15) is 0 Å². The molecule has 0 radical (unpaired) electrons. The number of amides is 1. The molecule has 6 heteroatoms. The molecule has 1 aromatic heterocycles. The highest BCUT2D eigenvalue weighted by molar-refractivity contribution is 5.83. The number of aromatic nitrogens is 2. The molecule has 1 atom stereocenters. The molecule has 2 aromatic rings. The third-order valence-corrected chi connectivity index (χ3v) is 3.87. The molecule has 0 bridgehead atoms. The molecular weight excluding hydrogens is 285 g/mol. The fraction of sp³-hybridized carbons (Fsp3) is 0.312. The Hall–Kier alpha value is -2.34. The molecule has 3 rings (SSSR count). The minimum Gasteiger partial charge on any atom is -0.376 e. The summed E-state index contributed by atoms with van der Waals surface area (Å²) >= 11 is 0. The molecule has 22 heavy (non-hydrogen) atoms. The Morgan fingerprint density at radius 3 is 2.73 bits per heavy atom.